The lowest BCUT2D eigenvalue weighted by atomic mass is 10.2. The van der Waals surface area contributed by atoms with E-state index in [9.17, 15) is 13.2 Å². The Hall–Kier alpha value is -1.60. The highest BCUT2D eigenvalue weighted by atomic mass is 32.2. The summed E-state index contributed by atoms with van der Waals surface area (Å²) < 4.78 is 24.6. The monoisotopic (exact) mass is 325 g/mol. The molecule has 1 aliphatic rings. The molecule has 1 aromatic carbocycles. The van der Waals surface area contributed by atoms with Gasteiger partial charge in [0.25, 0.3) is 0 Å². The van der Waals surface area contributed by atoms with Crippen molar-refractivity contribution in [3.05, 3.63) is 29.8 Å². The molecule has 0 spiro atoms. The van der Waals surface area contributed by atoms with Crippen LogP contribution in [0.4, 0.5) is 5.69 Å². The van der Waals surface area contributed by atoms with Crippen LogP contribution in [0.3, 0.4) is 0 Å². The third-order valence-corrected chi connectivity index (χ3v) is 5.14. The number of benzene rings is 1. The fraction of sp³-hybridized carbons (Fsp3) is 0.533. The normalized spacial score (nSPS) is 19.1. The van der Waals surface area contributed by atoms with Crippen LogP contribution in [0.15, 0.2) is 24.3 Å². The SMILES string of the molecule is CN(C)c1ccc(CNC(=O)[C@H]2CCCN2S(C)(=O)=O)cc1. The summed E-state index contributed by atoms with van der Waals surface area (Å²) in [6, 6.07) is 7.31. The lowest BCUT2D eigenvalue weighted by molar-refractivity contribution is -0.124. The maximum absolute atomic E-state index is 12.2. The Kier molecular flexibility index (Phi) is 5.08. The van der Waals surface area contributed by atoms with Gasteiger partial charge in [-0.25, -0.2) is 8.42 Å². The van der Waals surface area contributed by atoms with E-state index in [4.69, 9.17) is 0 Å². The topological polar surface area (TPSA) is 69.7 Å². The molecular weight excluding hydrogens is 302 g/mol. The van der Waals surface area contributed by atoms with Crippen molar-refractivity contribution in [3.63, 3.8) is 0 Å². The number of carbonyl (C=O) groups is 1. The third-order valence-electron chi connectivity index (χ3n) is 3.85. The third kappa shape index (κ3) is 3.98. The van der Waals surface area contributed by atoms with Gasteiger partial charge >= 0.3 is 0 Å². The first-order valence-corrected chi connectivity index (χ1v) is 9.14. The largest absolute Gasteiger partial charge is 0.378 e. The molecule has 0 bridgehead atoms. The highest BCUT2D eigenvalue weighted by Gasteiger charge is 2.36. The molecule has 2 rings (SSSR count). The van der Waals surface area contributed by atoms with Gasteiger partial charge in [-0.05, 0) is 30.5 Å². The average Bonchev–Trinajstić information content (AvgIpc) is 2.94. The van der Waals surface area contributed by atoms with E-state index in [-0.39, 0.29) is 5.91 Å². The van der Waals surface area contributed by atoms with Crippen LogP contribution in [0.5, 0.6) is 0 Å². The van der Waals surface area contributed by atoms with Crippen LogP contribution in [-0.4, -0.2) is 51.6 Å². The lowest BCUT2D eigenvalue weighted by Crippen LogP contribution is -2.45. The molecule has 0 saturated carbocycles. The minimum absolute atomic E-state index is 0.223. The molecule has 1 aliphatic heterocycles. The summed E-state index contributed by atoms with van der Waals surface area (Å²) in [5.74, 6) is -0.223. The predicted molar refractivity (Wildman–Crippen MR) is 87.2 cm³/mol. The summed E-state index contributed by atoms with van der Waals surface area (Å²) in [6.45, 7) is 0.828. The molecule has 22 heavy (non-hydrogen) atoms. The Morgan fingerprint density at radius 2 is 1.95 bits per heavy atom. The second-order valence-corrected chi connectivity index (χ2v) is 7.75. The first-order chi connectivity index (χ1) is 10.3. The molecule has 1 amide bonds. The second kappa shape index (κ2) is 6.66. The van der Waals surface area contributed by atoms with Crippen LogP contribution >= 0.6 is 0 Å². The van der Waals surface area contributed by atoms with Crippen molar-refractivity contribution >= 4 is 21.6 Å². The Morgan fingerprint density at radius 3 is 2.50 bits per heavy atom. The number of anilines is 1. The Morgan fingerprint density at radius 1 is 1.32 bits per heavy atom. The van der Waals surface area contributed by atoms with Gasteiger partial charge in [0, 0.05) is 32.9 Å². The molecule has 1 N–H and O–H groups in total. The molecule has 122 valence electrons. The van der Waals surface area contributed by atoms with E-state index < -0.39 is 16.1 Å². The van der Waals surface area contributed by atoms with Crippen molar-refractivity contribution < 1.29 is 13.2 Å². The lowest BCUT2D eigenvalue weighted by Gasteiger charge is -2.21. The zero-order valence-electron chi connectivity index (χ0n) is 13.2. The summed E-state index contributed by atoms with van der Waals surface area (Å²) in [5, 5.41) is 2.83. The minimum atomic E-state index is -3.33. The summed E-state index contributed by atoms with van der Waals surface area (Å²) in [6.07, 6.45) is 2.46. The van der Waals surface area contributed by atoms with Gasteiger partial charge in [0.05, 0.1) is 6.26 Å². The maximum atomic E-state index is 12.2. The van der Waals surface area contributed by atoms with Gasteiger partial charge in [-0.1, -0.05) is 12.1 Å². The zero-order chi connectivity index (χ0) is 16.3. The number of rotatable bonds is 5. The fourth-order valence-electron chi connectivity index (χ4n) is 2.62. The van der Waals surface area contributed by atoms with Crippen LogP contribution in [0.1, 0.15) is 18.4 Å². The molecule has 7 heteroatoms. The first kappa shape index (κ1) is 16.8. The number of carbonyl (C=O) groups excluding carboxylic acids is 1. The molecular formula is C15H23N3O3S. The van der Waals surface area contributed by atoms with Crippen molar-refractivity contribution in [1.29, 1.82) is 0 Å². The molecule has 0 radical (unpaired) electrons. The van der Waals surface area contributed by atoms with Crippen molar-refractivity contribution in [2.24, 2.45) is 0 Å². The minimum Gasteiger partial charge on any atom is -0.378 e. The van der Waals surface area contributed by atoms with E-state index in [1.54, 1.807) is 0 Å². The first-order valence-electron chi connectivity index (χ1n) is 7.30. The van der Waals surface area contributed by atoms with E-state index in [2.05, 4.69) is 5.32 Å². The number of nitrogens with zero attached hydrogens (tertiary/aromatic N) is 2. The van der Waals surface area contributed by atoms with Gasteiger partial charge in [0.15, 0.2) is 0 Å². The van der Waals surface area contributed by atoms with Crippen molar-refractivity contribution in [2.45, 2.75) is 25.4 Å². The highest BCUT2D eigenvalue weighted by molar-refractivity contribution is 7.88. The van der Waals surface area contributed by atoms with Crippen LogP contribution in [-0.2, 0) is 21.4 Å². The van der Waals surface area contributed by atoms with E-state index in [1.165, 1.54) is 4.31 Å². The zero-order valence-corrected chi connectivity index (χ0v) is 14.1. The summed E-state index contributed by atoms with van der Waals surface area (Å²) in [4.78, 5) is 14.2. The highest BCUT2D eigenvalue weighted by Crippen LogP contribution is 2.20. The standard InChI is InChI=1S/C15H23N3O3S/c1-17(2)13-8-6-12(7-9-13)11-16-15(19)14-5-4-10-18(14)22(3,20)21/h6-9,14H,4-5,10-11H2,1-3H3,(H,16,19)/t14-/m1/s1. The molecule has 6 nitrogen and oxygen atoms in total. The van der Waals surface area contributed by atoms with Crippen molar-refractivity contribution in [2.75, 3.05) is 31.8 Å². The quantitative estimate of drug-likeness (QED) is 0.869. The van der Waals surface area contributed by atoms with E-state index in [0.29, 0.717) is 19.5 Å². The molecule has 1 saturated heterocycles. The van der Waals surface area contributed by atoms with Crippen molar-refractivity contribution in [3.8, 4) is 0 Å². The van der Waals surface area contributed by atoms with Gasteiger partial charge in [-0.2, -0.15) is 4.31 Å². The van der Waals surface area contributed by atoms with Crippen LogP contribution in [0.25, 0.3) is 0 Å². The van der Waals surface area contributed by atoms with E-state index >= 15 is 0 Å². The smallest absolute Gasteiger partial charge is 0.238 e. The van der Waals surface area contributed by atoms with E-state index in [0.717, 1.165) is 23.9 Å². The number of nitrogens with one attached hydrogen (secondary N) is 1. The Balaban J connectivity index is 1.95. The van der Waals surface area contributed by atoms with Gasteiger partial charge in [-0.15, -0.1) is 0 Å². The molecule has 1 fully saturated rings. The predicted octanol–water partition coefficient (Wildman–Crippen LogP) is 0.793. The molecule has 0 unspecified atom stereocenters. The summed E-state index contributed by atoms with van der Waals surface area (Å²) >= 11 is 0. The van der Waals surface area contributed by atoms with Crippen LogP contribution in [0, 0.1) is 0 Å². The van der Waals surface area contributed by atoms with Crippen molar-refractivity contribution in [1.82, 2.24) is 9.62 Å². The molecule has 1 aromatic rings. The Bertz CT molecular complexity index is 626. The number of hydrogen-bond acceptors (Lipinski definition) is 4. The maximum Gasteiger partial charge on any atom is 0.238 e. The molecule has 1 heterocycles. The Labute approximate surface area is 132 Å². The summed E-state index contributed by atoms with van der Waals surface area (Å²) in [7, 11) is 0.610. The van der Waals surface area contributed by atoms with Gasteiger partial charge in [0.1, 0.15) is 6.04 Å². The van der Waals surface area contributed by atoms with Gasteiger partial charge in [0.2, 0.25) is 15.9 Å². The summed E-state index contributed by atoms with van der Waals surface area (Å²) in [5.41, 5.74) is 2.08. The molecule has 1 atom stereocenters. The average molecular weight is 325 g/mol. The number of sulfonamides is 1. The molecule has 0 aromatic heterocycles. The van der Waals surface area contributed by atoms with Gasteiger partial charge in [-0.3, -0.25) is 4.79 Å². The van der Waals surface area contributed by atoms with Crippen LogP contribution in [0.2, 0.25) is 0 Å². The molecule has 0 aliphatic carbocycles. The fourth-order valence-corrected chi connectivity index (χ4v) is 3.74. The van der Waals surface area contributed by atoms with Crippen LogP contribution < -0.4 is 10.2 Å². The number of hydrogen-bond donors (Lipinski definition) is 1. The van der Waals surface area contributed by atoms with E-state index in [1.807, 2.05) is 43.3 Å². The second-order valence-electron chi connectivity index (χ2n) is 5.81. The number of amides is 1. The van der Waals surface area contributed by atoms with Gasteiger partial charge < -0.3 is 10.2 Å².